The zero-order chi connectivity index (χ0) is 35.2. The van der Waals surface area contributed by atoms with Crippen LogP contribution in [0.15, 0.2) is 0 Å². The Balaban J connectivity index is 0. The Labute approximate surface area is 329 Å². The van der Waals surface area contributed by atoms with Gasteiger partial charge in [-0.3, -0.25) is 38.4 Å². The first-order valence-corrected chi connectivity index (χ1v) is 16.3. The number of thioether (sulfide) groups is 1. The first-order valence-electron chi connectivity index (χ1n) is 15.1. The summed E-state index contributed by atoms with van der Waals surface area (Å²) in [6.07, 6.45) is 2.23. The molecule has 18 heteroatoms. The molecule has 5 atom stereocenters. The molecule has 16 nitrogen and oxygen atoms in total. The van der Waals surface area contributed by atoms with Crippen LogP contribution in [0.25, 0.3) is 0 Å². The van der Waals surface area contributed by atoms with Crippen LogP contribution in [0.1, 0.15) is 67.2 Å². The first kappa shape index (κ1) is 47.2. The number of carbonyl (C=O) groups is 8. The van der Waals surface area contributed by atoms with Crippen LogP contribution in [-0.4, -0.2) is 108 Å². The fourth-order valence-corrected chi connectivity index (χ4v) is 4.78. The van der Waals surface area contributed by atoms with Crippen LogP contribution in [-0.2, 0) is 43.1 Å². The minimum absolute atomic E-state index is 0. The molecule has 0 heterocycles. The summed E-state index contributed by atoms with van der Waals surface area (Å²) in [6.45, 7) is 8.04. The van der Waals surface area contributed by atoms with Gasteiger partial charge in [0, 0.05) is 44.3 Å². The third-order valence-corrected chi connectivity index (χ3v) is 7.63. The maximum Gasteiger partial charge on any atom is 1.00 e. The van der Waals surface area contributed by atoms with Crippen molar-refractivity contribution >= 4 is 59.0 Å². The Morgan fingerprint density at radius 2 is 1.43 bits per heavy atom. The summed E-state index contributed by atoms with van der Waals surface area (Å²) < 4.78 is 5.20. The molecule has 0 spiro atoms. The molecular formula is C29H49N6O10RbS. The van der Waals surface area contributed by atoms with Gasteiger partial charge in [0.05, 0.1) is 19.9 Å². The quantitative estimate of drug-likeness (QED) is 0.0298. The third-order valence-electron chi connectivity index (χ3n) is 6.36. The summed E-state index contributed by atoms with van der Waals surface area (Å²) in [6, 6.07) is -4.48. The van der Waals surface area contributed by atoms with E-state index in [9.17, 15) is 43.5 Å². The van der Waals surface area contributed by atoms with Gasteiger partial charge in [-0.05, 0) is 18.7 Å². The number of hydrogen-bond donors (Lipinski definition) is 7. The molecular weight excluding hydrogens is 710 g/mol. The SMILES string of the molecule is C[CH-]C(NC(C)=O)C(=O)NC(C)C(=O)NCNC(=O)C(CO)NC(=O)C(CSCC(COC(=O)CC)CC(=O)CC)NC(=O)CC.[Rb+]. The standard InChI is InChI=1S/C29H49N6O10S.Rb/c1-7-20(38)11-19(13-45-25(40)10-4)14-46-15-23(34-24(39)9-3)29(44)35-22(12-36)27(42)31-16-30-26(41)17(5)32-28(43)21(8-2)33-18(6)37;/h8,17,19,21-23,36H,7,9-16H2,1-6H3,(H,30,41)(H,31,42)(H,32,43)(H,33,37)(H,34,39)(H,35,44);/q-1;+1. The van der Waals surface area contributed by atoms with Crippen LogP contribution in [0.3, 0.4) is 0 Å². The summed E-state index contributed by atoms with van der Waals surface area (Å²) in [5.41, 5.74) is 0. The number of esters is 1. The van der Waals surface area contributed by atoms with E-state index in [1.165, 1.54) is 32.0 Å². The van der Waals surface area contributed by atoms with Gasteiger partial charge < -0.3 is 48.2 Å². The summed E-state index contributed by atoms with van der Waals surface area (Å²) in [5.74, 6) is -4.00. The molecule has 0 aliphatic rings. The van der Waals surface area contributed by atoms with Crippen LogP contribution < -0.4 is 90.1 Å². The average molecular weight is 759 g/mol. The number of rotatable bonds is 23. The molecule has 262 valence electrons. The number of hydrogen-bond acceptors (Lipinski definition) is 11. The maximum absolute atomic E-state index is 13.1. The van der Waals surface area contributed by atoms with E-state index in [0.29, 0.717) is 12.2 Å². The molecule has 0 aromatic rings. The van der Waals surface area contributed by atoms with Gasteiger partial charge in [0.15, 0.2) is 0 Å². The largest absolute Gasteiger partial charge is 1.00 e. The fraction of sp³-hybridized carbons (Fsp3) is 0.690. The molecule has 5 unspecified atom stereocenters. The number of amides is 6. The van der Waals surface area contributed by atoms with Crippen molar-refractivity contribution in [2.75, 3.05) is 31.4 Å². The third kappa shape index (κ3) is 20.9. The van der Waals surface area contributed by atoms with Gasteiger partial charge in [0.25, 0.3) is 0 Å². The number of ether oxygens (including phenoxy) is 1. The molecule has 0 aliphatic heterocycles. The summed E-state index contributed by atoms with van der Waals surface area (Å²) in [5, 5.41) is 24.3. The molecule has 0 aromatic carbocycles. The second-order valence-corrected chi connectivity index (χ2v) is 11.3. The van der Waals surface area contributed by atoms with Gasteiger partial charge in [-0.25, -0.2) is 0 Å². The molecule has 0 fully saturated rings. The average Bonchev–Trinajstić information content (AvgIpc) is 3.03. The van der Waals surface area contributed by atoms with Crippen molar-refractivity contribution in [3.8, 4) is 0 Å². The van der Waals surface area contributed by atoms with E-state index in [1.54, 1.807) is 27.7 Å². The summed E-state index contributed by atoms with van der Waals surface area (Å²) >= 11 is 1.25. The van der Waals surface area contributed by atoms with Gasteiger partial charge in [-0.15, -0.1) is 0 Å². The van der Waals surface area contributed by atoms with Gasteiger partial charge in [0.1, 0.15) is 23.9 Å². The second kappa shape index (κ2) is 27.0. The van der Waals surface area contributed by atoms with E-state index in [1.807, 2.05) is 0 Å². The van der Waals surface area contributed by atoms with Crippen LogP contribution >= 0.6 is 11.8 Å². The Kier molecular flexibility index (Phi) is 27.1. The number of nitrogens with one attached hydrogen (secondary N) is 6. The molecule has 6 amide bonds. The number of Topliss-reactive ketones (excluding diaryl/α,β-unsaturated/α-hetero) is 1. The molecule has 0 saturated heterocycles. The van der Waals surface area contributed by atoms with E-state index in [2.05, 4.69) is 31.9 Å². The van der Waals surface area contributed by atoms with Crippen molar-refractivity contribution in [2.45, 2.75) is 91.4 Å². The van der Waals surface area contributed by atoms with Crippen LogP contribution in [0.2, 0.25) is 0 Å². The topological polar surface area (TPSA) is 238 Å². The predicted octanol–water partition coefficient (Wildman–Crippen LogP) is -4.54. The van der Waals surface area contributed by atoms with E-state index in [-0.39, 0.29) is 102 Å². The molecule has 0 aromatic heterocycles. The minimum atomic E-state index is -1.42. The Hall–Kier alpha value is -1.92. The molecule has 0 rings (SSSR count). The molecule has 0 bridgehead atoms. The van der Waals surface area contributed by atoms with E-state index in [4.69, 9.17) is 4.74 Å². The van der Waals surface area contributed by atoms with Crippen molar-refractivity contribution in [3.05, 3.63) is 6.42 Å². The van der Waals surface area contributed by atoms with E-state index >= 15 is 0 Å². The smallest absolute Gasteiger partial charge is 0.465 e. The molecule has 0 saturated carbocycles. The van der Waals surface area contributed by atoms with Crippen molar-refractivity contribution in [1.82, 2.24) is 31.9 Å². The summed E-state index contributed by atoms with van der Waals surface area (Å²) in [7, 11) is 0. The fourth-order valence-electron chi connectivity index (χ4n) is 3.63. The Morgan fingerprint density at radius 1 is 0.787 bits per heavy atom. The van der Waals surface area contributed by atoms with Crippen molar-refractivity contribution in [3.63, 3.8) is 0 Å². The van der Waals surface area contributed by atoms with Crippen molar-refractivity contribution in [1.29, 1.82) is 0 Å². The first-order chi connectivity index (χ1) is 21.7. The number of ketones is 1. The summed E-state index contributed by atoms with van der Waals surface area (Å²) in [4.78, 5) is 97.3. The van der Waals surface area contributed by atoms with Crippen LogP contribution in [0.5, 0.6) is 0 Å². The second-order valence-electron chi connectivity index (χ2n) is 10.3. The van der Waals surface area contributed by atoms with Gasteiger partial charge in [0.2, 0.25) is 35.4 Å². The molecule has 0 radical (unpaired) electrons. The predicted molar refractivity (Wildman–Crippen MR) is 170 cm³/mol. The number of aliphatic hydroxyl groups excluding tert-OH is 1. The minimum Gasteiger partial charge on any atom is -0.465 e. The molecule has 0 aliphatic carbocycles. The molecule has 47 heavy (non-hydrogen) atoms. The number of carbonyl (C=O) groups excluding carboxylic acids is 8. The zero-order valence-corrected chi connectivity index (χ0v) is 34.1. The van der Waals surface area contributed by atoms with Gasteiger partial charge >= 0.3 is 64.2 Å². The van der Waals surface area contributed by atoms with Crippen LogP contribution in [0.4, 0.5) is 0 Å². The zero-order valence-electron chi connectivity index (χ0n) is 28.4. The molecule has 7 N–H and O–H groups in total. The van der Waals surface area contributed by atoms with Gasteiger partial charge in [-0.2, -0.15) is 18.7 Å². The Morgan fingerprint density at radius 3 is 1.96 bits per heavy atom. The van der Waals surface area contributed by atoms with Crippen LogP contribution in [0, 0.1) is 12.3 Å². The monoisotopic (exact) mass is 758 g/mol. The van der Waals surface area contributed by atoms with E-state index in [0.717, 1.165) is 0 Å². The van der Waals surface area contributed by atoms with Crippen molar-refractivity contribution < 1.29 is 106 Å². The Bertz CT molecular complexity index is 1070. The van der Waals surface area contributed by atoms with Gasteiger partial charge in [-0.1, -0.05) is 20.8 Å². The number of aliphatic hydroxyl groups is 1. The van der Waals surface area contributed by atoms with E-state index < -0.39 is 78.9 Å². The maximum atomic E-state index is 13.1. The van der Waals surface area contributed by atoms with Crippen molar-refractivity contribution in [2.24, 2.45) is 5.92 Å². The normalized spacial score (nSPS) is 13.6.